The molecule has 2 N–H and O–H groups in total. The van der Waals surface area contributed by atoms with Crippen molar-refractivity contribution in [2.45, 2.75) is 19.6 Å². The second kappa shape index (κ2) is 3.82. The summed E-state index contributed by atoms with van der Waals surface area (Å²) >= 11 is 0. The Hall–Kier alpha value is -1.49. The first kappa shape index (κ1) is 11.0. The summed E-state index contributed by atoms with van der Waals surface area (Å²) in [4.78, 5) is 11.1. The molecular weight excluding hydrogens is 220 g/mol. The lowest BCUT2D eigenvalue weighted by Crippen LogP contribution is -2.30. The maximum atomic E-state index is 11.1. The molecule has 0 aromatic heterocycles. The van der Waals surface area contributed by atoms with Crippen molar-refractivity contribution in [2.24, 2.45) is 0 Å². The fourth-order valence-electron chi connectivity index (χ4n) is 1.57. The van der Waals surface area contributed by atoms with E-state index in [9.17, 15) is 4.79 Å². The van der Waals surface area contributed by atoms with Gasteiger partial charge >= 0.3 is 0 Å². The molecule has 0 radical (unpaired) electrons. The van der Waals surface area contributed by atoms with Gasteiger partial charge in [-0.2, -0.15) is 0 Å². The molecule has 0 unspecified atom stereocenters. The topological polar surface area (TPSA) is 50.4 Å². The fraction of sp³-hybridized carbons (Fsp3) is 0.364. The fourth-order valence-corrected chi connectivity index (χ4v) is 2.40. The van der Waals surface area contributed by atoms with Crippen LogP contribution in [0.2, 0.25) is 19.6 Å². The Morgan fingerprint density at radius 1 is 1.25 bits per heavy atom. The monoisotopic (exact) mass is 236 g/mol. The third-order valence-corrected chi connectivity index (χ3v) is 2.98. The lowest BCUT2D eigenvalue weighted by Gasteiger charge is -2.23. The number of hydrogen-bond acceptors (Lipinski definition) is 3. The zero-order valence-corrected chi connectivity index (χ0v) is 10.8. The van der Waals surface area contributed by atoms with Crippen LogP contribution in [-0.4, -0.2) is 20.8 Å². The van der Waals surface area contributed by atoms with Gasteiger partial charge in [-0.3, -0.25) is 4.79 Å². The van der Waals surface area contributed by atoms with E-state index in [4.69, 9.17) is 4.43 Å². The first-order valence-corrected chi connectivity index (χ1v) is 8.72. The standard InChI is InChI=1S/C11H16N2O2Si/c1-16(2,3)15-8-4-5-9-10(6-8)12-7-11(14)13-9/h4-6,12H,7H2,1-3H3,(H,13,14). The van der Waals surface area contributed by atoms with E-state index in [0.29, 0.717) is 6.54 Å². The third-order valence-electron chi connectivity index (χ3n) is 2.13. The molecule has 0 spiro atoms. The van der Waals surface area contributed by atoms with Gasteiger partial charge in [0.1, 0.15) is 5.75 Å². The summed E-state index contributed by atoms with van der Waals surface area (Å²) in [7, 11) is -1.57. The van der Waals surface area contributed by atoms with Gasteiger partial charge in [-0.15, -0.1) is 0 Å². The summed E-state index contributed by atoms with van der Waals surface area (Å²) in [5, 5.41) is 5.87. The number of carbonyl (C=O) groups is 1. The normalized spacial score (nSPS) is 14.8. The van der Waals surface area contributed by atoms with Crippen LogP contribution in [0.25, 0.3) is 0 Å². The summed E-state index contributed by atoms with van der Waals surface area (Å²) in [5.41, 5.74) is 1.74. The van der Waals surface area contributed by atoms with Gasteiger partial charge in [0, 0.05) is 6.07 Å². The molecular formula is C11H16N2O2Si. The number of fused-ring (bicyclic) bond motifs is 1. The van der Waals surface area contributed by atoms with Gasteiger partial charge in [0.05, 0.1) is 17.9 Å². The number of hydrogen-bond donors (Lipinski definition) is 2. The van der Waals surface area contributed by atoms with Gasteiger partial charge in [-0.25, -0.2) is 0 Å². The Balaban J connectivity index is 2.23. The summed E-state index contributed by atoms with van der Waals surface area (Å²) in [6.07, 6.45) is 0. The number of carbonyl (C=O) groups excluding carboxylic acids is 1. The Labute approximate surface area is 96.1 Å². The summed E-state index contributed by atoms with van der Waals surface area (Å²) in [5.74, 6) is 0.855. The summed E-state index contributed by atoms with van der Waals surface area (Å²) < 4.78 is 5.88. The van der Waals surface area contributed by atoms with Crippen molar-refractivity contribution in [1.29, 1.82) is 0 Å². The van der Waals surface area contributed by atoms with Crippen molar-refractivity contribution in [1.82, 2.24) is 0 Å². The molecule has 0 bridgehead atoms. The van der Waals surface area contributed by atoms with Gasteiger partial charge in [0.15, 0.2) is 0 Å². The largest absolute Gasteiger partial charge is 0.544 e. The van der Waals surface area contributed by atoms with Crippen molar-refractivity contribution in [2.75, 3.05) is 17.2 Å². The van der Waals surface area contributed by atoms with E-state index in [1.807, 2.05) is 18.2 Å². The molecule has 0 aliphatic carbocycles. The molecule has 86 valence electrons. The Morgan fingerprint density at radius 3 is 2.69 bits per heavy atom. The van der Waals surface area contributed by atoms with E-state index in [1.54, 1.807) is 0 Å². The smallest absolute Gasteiger partial charge is 0.243 e. The van der Waals surface area contributed by atoms with Gasteiger partial charge in [-0.05, 0) is 31.8 Å². The molecule has 0 atom stereocenters. The van der Waals surface area contributed by atoms with E-state index < -0.39 is 8.32 Å². The maximum Gasteiger partial charge on any atom is 0.243 e. The van der Waals surface area contributed by atoms with Crippen LogP contribution in [0, 0.1) is 0 Å². The van der Waals surface area contributed by atoms with Crippen LogP contribution in [0.4, 0.5) is 11.4 Å². The number of nitrogens with one attached hydrogen (secondary N) is 2. The molecule has 16 heavy (non-hydrogen) atoms. The van der Waals surface area contributed by atoms with Crippen molar-refractivity contribution >= 4 is 25.6 Å². The minimum absolute atomic E-state index is 0.00800. The van der Waals surface area contributed by atoms with Gasteiger partial charge in [0.25, 0.3) is 0 Å². The van der Waals surface area contributed by atoms with Crippen molar-refractivity contribution < 1.29 is 9.22 Å². The second-order valence-corrected chi connectivity index (χ2v) is 9.25. The van der Waals surface area contributed by atoms with E-state index in [1.165, 1.54) is 0 Å². The molecule has 0 saturated heterocycles. The van der Waals surface area contributed by atoms with Crippen LogP contribution >= 0.6 is 0 Å². The third kappa shape index (κ3) is 2.55. The number of benzene rings is 1. The first-order chi connectivity index (χ1) is 7.44. The van der Waals surface area contributed by atoms with E-state index >= 15 is 0 Å². The number of amides is 1. The molecule has 0 saturated carbocycles. The van der Waals surface area contributed by atoms with Crippen LogP contribution in [0.5, 0.6) is 5.75 Å². The second-order valence-electron chi connectivity index (χ2n) is 4.82. The highest BCUT2D eigenvalue weighted by molar-refractivity contribution is 6.70. The summed E-state index contributed by atoms with van der Waals surface area (Å²) in [6, 6.07) is 5.70. The minimum atomic E-state index is -1.57. The Kier molecular flexibility index (Phi) is 2.63. The highest BCUT2D eigenvalue weighted by Crippen LogP contribution is 2.30. The van der Waals surface area contributed by atoms with E-state index in [-0.39, 0.29) is 5.91 Å². The average molecular weight is 236 g/mol. The Morgan fingerprint density at radius 2 is 2.00 bits per heavy atom. The van der Waals surface area contributed by atoms with Crippen LogP contribution in [0.1, 0.15) is 0 Å². The van der Waals surface area contributed by atoms with Crippen molar-refractivity contribution in [3.8, 4) is 5.75 Å². The Bertz CT molecular complexity index is 426. The highest BCUT2D eigenvalue weighted by atomic mass is 28.4. The van der Waals surface area contributed by atoms with Crippen molar-refractivity contribution in [3.63, 3.8) is 0 Å². The predicted octanol–water partition coefficient (Wildman–Crippen LogP) is 2.26. The minimum Gasteiger partial charge on any atom is -0.544 e. The molecule has 5 heteroatoms. The molecule has 1 amide bonds. The first-order valence-electron chi connectivity index (χ1n) is 5.31. The van der Waals surface area contributed by atoms with Crippen LogP contribution in [0.3, 0.4) is 0 Å². The lowest BCUT2D eigenvalue weighted by atomic mass is 10.2. The van der Waals surface area contributed by atoms with E-state index in [2.05, 4.69) is 30.3 Å². The van der Waals surface area contributed by atoms with Crippen LogP contribution in [0.15, 0.2) is 18.2 Å². The quantitative estimate of drug-likeness (QED) is 0.774. The zero-order valence-electron chi connectivity index (χ0n) is 9.76. The highest BCUT2D eigenvalue weighted by Gasteiger charge is 2.18. The van der Waals surface area contributed by atoms with Crippen molar-refractivity contribution in [3.05, 3.63) is 18.2 Å². The number of rotatable bonds is 2. The predicted molar refractivity (Wildman–Crippen MR) is 67.5 cm³/mol. The molecule has 1 aliphatic heterocycles. The molecule has 1 aromatic carbocycles. The molecule has 2 rings (SSSR count). The molecule has 1 aliphatic rings. The van der Waals surface area contributed by atoms with Crippen LogP contribution < -0.4 is 15.1 Å². The molecule has 1 aromatic rings. The van der Waals surface area contributed by atoms with Gasteiger partial charge in [-0.1, -0.05) is 0 Å². The number of anilines is 2. The maximum absolute atomic E-state index is 11.1. The van der Waals surface area contributed by atoms with Gasteiger partial charge < -0.3 is 15.1 Å². The molecule has 0 fully saturated rings. The molecule has 4 nitrogen and oxygen atoms in total. The molecule has 1 heterocycles. The van der Waals surface area contributed by atoms with Crippen LogP contribution in [-0.2, 0) is 4.79 Å². The van der Waals surface area contributed by atoms with E-state index in [0.717, 1.165) is 17.1 Å². The average Bonchev–Trinajstić information content (AvgIpc) is 2.16. The summed E-state index contributed by atoms with van der Waals surface area (Å²) in [6.45, 7) is 6.74. The lowest BCUT2D eigenvalue weighted by molar-refractivity contribution is -0.114. The zero-order chi connectivity index (χ0) is 11.8. The SMILES string of the molecule is C[Si](C)(C)Oc1ccc2c(c1)NCC(=O)N2. The van der Waals surface area contributed by atoms with Gasteiger partial charge in [0.2, 0.25) is 14.2 Å².